The Labute approximate surface area is 194 Å². The van der Waals surface area contributed by atoms with Gasteiger partial charge in [-0.2, -0.15) is 0 Å². The zero-order valence-electron chi connectivity index (χ0n) is 17.9. The third kappa shape index (κ3) is 5.08. The van der Waals surface area contributed by atoms with Crippen LogP contribution in [0.2, 0.25) is 0 Å². The van der Waals surface area contributed by atoms with Gasteiger partial charge in [0.15, 0.2) is 0 Å². The molecule has 4 heteroatoms. The number of rotatable bonds is 5. The highest BCUT2D eigenvalue weighted by molar-refractivity contribution is 7.80. The maximum atomic E-state index is 5.32. The minimum absolute atomic E-state index is 0.819. The Morgan fingerprint density at radius 2 is 0.875 bits per heavy atom. The summed E-state index contributed by atoms with van der Waals surface area (Å²) >= 11 is 4.32. The zero-order valence-corrected chi connectivity index (χ0v) is 18.8. The fourth-order valence-corrected chi connectivity index (χ4v) is 3.44. The van der Waals surface area contributed by atoms with Crippen molar-refractivity contribution in [2.75, 3.05) is 19.1 Å². The average molecular weight is 438 g/mol. The van der Waals surface area contributed by atoms with Crippen molar-refractivity contribution in [3.05, 3.63) is 108 Å². The quantitative estimate of drug-likeness (QED) is 0.272. The van der Waals surface area contributed by atoms with Crippen LogP contribution in [-0.2, 0) is 0 Å². The van der Waals surface area contributed by atoms with Crippen LogP contribution in [0.25, 0.3) is 0 Å². The van der Waals surface area contributed by atoms with Crippen LogP contribution in [-0.4, -0.2) is 14.2 Å². The molecule has 0 saturated carbocycles. The number of thiol groups is 1. The van der Waals surface area contributed by atoms with Gasteiger partial charge in [0.1, 0.15) is 11.5 Å². The first-order valence-corrected chi connectivity index (χ1v) is 10.6. The third-order valence-electron chi connectivity index (χ3n) is 5.01. The Hall–Kier alpha value is -3.81. The van der Waals surface area contributed by atoms with Crippen LogP contribution in [0.5, 0.6) is 11.5 Å². The van der Waals surface area contributed by atoms with Gasteiger partial charge in [0.05, 0.1) is 14.2 Å². The summed E-state index contributed by atoms with van der Waals surface area (Å²) in [6.45, 7) is 0. The molecule has 0 aliphatic carbocycles. The molecule has 0 heterocycles. The number of benzene rings is 4. The van der Waals surface area contributed by atoms with E-state index in [2.05, 4.69) is 41.5 Å². The van der Waals surface area contributed by atoms with Gasteiger partial charge in [-0.3, -0.25) is 0 Å². The maximum Gasteiger partial charge on any atom is 0.119 e. The summed E-state index contributed by atoms with van der Waals surface area (Å²) in [7, 11) is 3.34. The van der Waals surface area contributed by atoms with Crippen LogP contribution in [0.15, 0.2) is 102 Å². The van der Waals surface area contributed by atoms with E-state index in [0.29, 0.717) is 0 Å². The van der Waals surface area contributed by atoms with Gasteiger partial charge in [0, 0.05) is 33.1 Å². The molecule has 0 atom stereocenters. The van der Waals surface area contributed by atoms with Gasteiger partial charge in [0.2, 0.25) is 0 Å². The number of anilines is 3. The van der Waals surface area contributed by atoms with Crippen LogP contribution < -0.4 is 14.4 Å². The summed E-state index contributed by atoms with van der Waals surface area (Å²) in [5, 5.41) is 0. The normalized spacial score (nSPS) is 10.1. The second-order valence-electron chi connectivity index (χ2n) is 7.08. The minimum Gasteiger partial charge on any atom is -0.497 e. The van der Waals surface area contributed by atoms with Gasteiger partial charge >= 0.3 is 0 Å². The predicted octanol–water partition coefficient (Wildman–Crippen LogP) is 6.86. The number of hydrogen-bond donors (Lipinski definition) is 1. The lowest BCUT2D eigenvalue weighted by Gasteiger charge is -2.25. The standard InChI is InChI=1S/C28H23NO2S/c1-30-26-15-11-24(12-16-26)29(25-13-17-27(31-2)18-14-25)23-9-5-21(6-10-23)3-4-22-7-19-28(32)20-8-22/h5-20,32H,1-2H3. The first-order chi connectivity index (χ1) is 15.7. The van der Waals surface area contributed by atoms with Crippen molar-refractivity contribution in [1.29, 1.82) is 0 Å². The first-order valence-electron chi connectivity index (χ1n) is 10.2. The molecule has 0 aliphatic rings. The molecule has 0 radical (unpaired) electrons. The molecule has 4 aromatic rings. The summed E-state index contributed by atoms with van der Waals surface area (Å²) in [4.78, 5) is 3.11. The molecule has 0 amide bonds. The van der Waals surface area contributed by atoms with E-state index in [-0.39, 0.29) is 0 Å². The topological polar surface area (TPSA) is 21.7 Å². The van der Waals surface area contributed by atoms with E-state index in [1.54, 1.807) is 14.2 Å². The molecule has 4 rings (SSSR count). The van der Waals surface area contributed by atoms with E-state index in [9.17, 15) is 0 Å². The maximum absolute atomic E-state index is 5.32. The van der Waals surface area contributed by atoms with Crippen LogP contribution in [0, 0.1) is 11.8 Å². The SMILES string of the molecule is COc1ccc(N(c2ccc(C#Cc3ccc(S)cc3)cc2)c2ccc(OC)cc2)cc1. The summed E-state index contributed by atoms with van der Waals surface area (Å²) in [5.74, 6) is 8.07. The smallest absolute Gasteiger partial charge is 0.119 e. The van der Waals surface area contributed by atoms with Gasteiger partial charge < -0.3 is 14.4 Å². The molecule has 0 saturated heterocycles. The summed E-state index contributed by atoms with van der Waals surface area (Å²) in [5.41, 5.74) is 5.01. The summed E-state index contributed by atoms with van der Waals surface area (Å²) < 4.78 is 10.6. The molecule has 4 aromatic carbocycles. The van der Waals surface area contributed by atoms with E-state index in [4.69, 9.17) is 9.47 Å². The van der Waals surface area contributed by atoms with E-state index in [0.717, 1.165) is 44.6 Å². The van der Waals surface area contributed by atoms with Gasteiger partial charge in [-0.15, -0.1) is 12.6 Å². The Bertz CT molecular complexity index is 1170. The fraction of sp³-hybridized carbons (Fsp3) is 0.0714. The van der Waals surface area contributed by atoms with E-state index in [1.165, 1.54) is 0 Å². The molecule has 158 valence electrons. The van der Waals surface area contributed by atoms with Crippen molar-refractivity contribution in [1.82, 2.24) is 0 Å². The lowest BCUT2D eigenvalue weighted by Crippen LogP contribution is -2.09. The molecular formula is C28H23NO2S. The number of ether oxygens (including phenoxy) is 2. The Balaban J connectivity index is 1.66. The van der Waals surface area contributed by atoms with E-state index < -0.39 is 0 Å². The van der Waals surface area contributed by atoms with Crippen LogP contribution in [0.4, 0.5) is 17.1 Å². The van der Waals surface area contributed by atoms with E-state index >= 15 is 0 Å². The van der Waals surface area contributed by atoms with Crippen LogP contribution >= 0.6 is 12.6 Å². The molecular weight excluding hydrogens is 414 g/mol. The third-order valence-corrected chi connectivity index (χ3v) is 5.30. The Morgan fingerprint density at radius 3 is 1.25 bits per heavy atom. The van der Waals surface area contributed by atoms with Crippen molar-refractivity contribution < 1.29 is 9.47 Å². The largest absolute Gasteiger partial charge is 0.497 e. The lowest BCUT2D eigenvalue weighted by molar-refractivity contribution is 0.415. The summed E-state index contributed by atoms with van der Waals surface area (Å²) in [6, 6.07) is 32.1. The predicted molar refractivity (Wildman–Crippen MR) is 134 cm³/mol. The van der Waals surface area contributed by atoms with E-state index in [1.807, 2.05) is 84.9 Å². The summed E-state index contributed by atoms with van der Waals surface area (Å²) in [6.07, 6.45) is 0. The van der Waals surface area contributed by atoms with Crippen LogP contribution in [0.1, 0.15) is 11.1 Å². The average Bonchev–Trinajstić information content (AvgIpc) is 2.85. The molecule has 3 nitrogen and oxygen atoms in total. The van der Waals surface area contributed by atoms with Gasteiger partial charge in [-0.25, -0.2) is 0 Å². The minimum atomic E-state index is 0.819. The van der Waals surface area contributed by atoms with Crippen molar-refractivity contribution in [3.8, 4) is 23.3 Å². The second kappa shape index (κ2) is 10.00. The highest BCUT2D eigenvalue weighted by Crippen LogP contribution is 2.36. The second-order valence-corrected chi connectivity index (χ2v) is 7.59. The Kier molecular flexibility index (Phi) is 6.69. The molecule has 0 aromatic heterocycles. The lowest BCUT2D eigenvalue weighted by atomic mass is 10.1. The van der Waals surface area contributed by atoms with Crippen molar-refractivity contribution in [3.63, 3.8) is 0 Å². The molecule has 0 fully saturated rings. The van der Waals surface area contributed by atoms with Gasteiger partial charge in [-0.1, -0.05) is 11.8 Å². The van der Waals surface area contributed by atoms with Gasteiger partial charge in [0.25, 0.3) is 0 Å². The van der Waals surface area contributed by atoms with Crippen molar-refractivity contribution in [2.24, 2.45) is 0 Å². The number of nitrogens with zero attached hydrogens (tertiary/aromatic N) is 1. The highest BCUT2D eigenvalue weighted by Gasteiger charge is 2.12. The molecule has 0 bridgehead atoms. The first kappa shape index (κ1) is 21.4. The zero-order chi connectivity index (χ0) is 22.3. The molecule has 32 heavy (non-hydrogen) atoms. The molecule has 0 unspecified atom stereocenters. The number of hydrogen-bond acceptors (Lipinski definition) is 4. The molecule has 0 spiro atoms. The fourth-order valence-electron chi connectivity index (χ4n) is 3.29. The molecule has 0 N–H and O–H groups in total. The highest BCUT2D eigenvalue weighted by atomic mass is 32.1. The Morgan fingerprint density at radius 1 is 0.531 bits per heavy atom. The van der Waals surface area contributed by atoms with Gasteiger partial charge in [-0.05, 0) is 97.1 Å². The van der Waals surface area contributed by atoms with Crippen molar-refractivity contribution in [2.45, 2.75) is 4.90 Å². The van der Waals surface area contributed by atoms with Crippen molar-refractivity contribution >= 4 is 29.7 Å². The monoisotopic (exact) mass is 437 g/mol. The number of methoxy groups -OCH3 is 2. The molecule has 0 aliphatic heterocycles. The van der Waals surface area contributed by atoms with Crippen LogP contribution in [0.3, 0.4) is 0 Å².